The van der Waals surface area contributed by atoms with Gasteiger partial charge in [0.2, 0.25) is 23.6 Å². The Balaban J connectivity index is 0.00000270. The quantitative estimate of drug-likeness (QED) is 0.0496. The number of nitrogens with zero attached hydrogens (tertiary/aromatic N) is 2. The fourth-order valence-electron chi connectivity index (χ4n) is 4.33. The maximum absolute atomic E-state index is 13.5. The van der Waals surface area contributed by atoms with Gasteiger partial charge in [-0.1, -0.05) is 27.7 Å². The van der Waals surface area contributed by atoms with Crippen LogP contribution in [0.3, 0.4) is 0 Å². The molecule has 12 N–H and O–H groups in total. The van der Waals surface area contributed by atoms with E-state index in [1.807, 2.05) is 0 Å². The number of carboxylic acids is 2. The lowest BCUT2D eigenvalue weighted by Gasteiger charge is -2.31. The van der Waals surface area contributed by atoms with Crippen LogP contribution in [0.4, 0.5) is 13.2 Å². The third kappa shape index (κ3) is 15.8. The summed E-state index contributed by atoms with van der Waals surface area (Å²) >= 11 is 0. The summed E-state index contributed by atoms with van der Waals surface area (Å²) in [5.74, 6) is -6.89. The van der Waals surface area contributed by atoms with Gasteiger partial charge in [-0.05, 0) is 43.9 Å². The average molecular weight is 685 g/mol. The SMILES string of the molecule is CC(C)C[C@H](NC(=O)[C@H](CO)NC(=O)[C@@H]1CCCN1C(=O)[C@@H](NC(=O)[C@@H](N)CCCN=C(N)N)C(C)C)C(=O)O.O=C(O)C(F)(F)F. The number of halogens is 3. The fraction of sp³-hybridized carbons (Fsp3) is 0.741. The smallest absolute Gasteiger partial charge is 0.480 e. The summed E-state index contributed by atoms with van der Waals surface area (Å²) in [6, 6.07) is -5.37. The van der Waals surface area contributed by atoms with E-state index < -0.39 is 78.6 Å². The van der Waals surface area contributed by atoms with Gasteiger partial charge in [0.1, 0.15) is 24.2 Å². The number of rotatable bonds is 16. The molecule has 47 heavy (non-hydrogen) atoms. The number of aliphatic imine (C=N–C) groups is 1. The van der Waals surface area contributed by atoms with Gasteiger partial charge in [-0.3, -0.25) is 24.2 Å². The van der Waals surface area contributed by atoms with E-state index in [4.69, 9.17) is 27.1 Å². The minimum atomic E-state index is -5.08. The van der Waals surface area contributed by atoms with Gasteiger partial charge in [-0.25, -0.2) is 9.59 Å². The molecule has 0 saturated carbocycles. The van der Waals surface area contributed by atoms with E-state index in [0.717, 1.165) is 0 Å². The van der Waals surface area contributed by atoms with Gasteiger partial charge in [0.15, 0.2) is 5.96 Å². The number of nitrogens with one attached hydrogen (secondary N) is 3. The molecule has 1 saturated heterocycles. The molecular weight excluding hydrogens is 637 g/mol. The first kappa shape index (κ1) is 42.8. The molecular formula is C27H47F3N8O9. The van der Waals surface area contributed by atoms with Crippen LogP contribution >= 0.6 is 0 Å². The predicted molar refractivity (Wildman–Crippen MR) is 161 cm³/mol. The Morgan fingerprint density at radius 2 is 1.53 bits per heavy atom. The standard InChI is InChI=1S/C25H46N8O7.C2HF3O2/c1-13(2)11-16(24(39)40)30-21(36)17(12-34)31-22(37)18-8-6-10-33(18)23(38)19(14(3)4)32-20(35)15(26)7-5-9-29-25(27)28;3-2(4,5)1(6)7/h13-19,34H,5-12,26H2,1-4H3,(H,30,36)(H,31,37)(H,32,35)(H,39,40)(H4,27,28,29);(H,6,7)/t15-,16-,17-,18-,19-;/m0./s1. The minimum absolute atomic E-state index is 0.0183. The first-order valence-electron chi connectivity index (χ1n) is 14.8. The van der Waals surface area contributed by atoms with Gasteiger partial charge >= 0.3 is 18.1 Å². The first-order chi connectivity index (χ1) is 21.6. The van der Waals surface area contributed by atoms with Gasteiger partial charge < -0.3 is 53.4 Å². The van der Waals surface area contributed by atoms with Crippen molar-refractivity contribution >= 4 is 41.5 Å². The molecule has 270 valence electrons. The van der Waals surface area contributed by atoms with E-state index >= 15 is 0 Å². The number of nitrogens with two attached hydrogens (primary N) is 3. The lowest BCUT2D eigenvalue weighted by atomic mass is 10.0. The number of amides is 4. The van der Waals surface area contributed by atoms with Crippen molar-refractivity contribution in [1.29, 1.82) is 0 Å². The number of carbonyl (C=O) groups excluding carboxylic acids is 4. The second-order valence-electron chi connectivity index (χ2n) is 11.6. The molecule has 1 aliphatic rings. The van der Waals surface area contributed by atoms with Crippen LogP contribution in [-0.2, 0) is 28.8 Å². The van der Waals surface area contributed by atoms with E-state index in [-0.39, 0.29) is 30.8 Å². The van der Waals surface area contributed by atoms with Crippen molar-refractivity contribution < 1.29 is 57.3 Å². The Labute approximate surface area is 269 Å². The molecule has 1 fully saturated rings. The molecule has 0 aromatic carbocycles. The summed E-state index contributed by atoms with van der Waals surface area (Å²) in [5, 5.41) is 33.7. The van der Waals surface area contributed by atoms with Crippen LogP contribution < -0.4 is 33.2 Å². The maximum atomic E-state index is 13.5. The van der Waals surface area contributed by atoms with E-state index in [0.29, 0.717) is 32.2 Å². The molecule has 0 radical (unpaired) electrons. The third-order valence-electron chi connectivity index (χ3n) is 6.75. The Bertz CT molecular complexity index is 1120. The lowest BCUT2D eigenvalue weighted by molar-refractivity contribution is -0.192. The zero-order chi connectivity index (χ0) is 36.6. The van der Waals surface area contributed by atoms with Crippen molar-refractivity contribution in [2.45, 2.75) is 96.2 Å². The Kier molecular flexibility index (Phi) is 18.3. The predicted octanol–water partition coefficient (Wildman–Crippen LogP) is -1.77. The van der Waals surface area contributed by atoms with Crippen molar-refractivity contribution in [3.05, 3.63) is 0 Å². The normalized spacial score (nSPS) is 17.0. The highest BCUT2D eigenvalue weighted by Gasteiger charge is 2.40. The number of aliphatic hydroxyl groups is 1. The van der Waals surface area contributed by atoms with Crippen LogP contribution in [0.5, 0.6) is 0 Å². The van der Waals surface area contributed by atoms with E-state index in [9.17, 15) is 47.4 Å². The van der Waals surface area contributed by atoms with Crippen LogP contribution in [0.1, 0.15) is 59.8 Å². The molecule has 0 aromatic rings. The summed E-state index contributed by atoms with van der Waals surface area (Å²) in [6.45, 7) is 6.90. The number of carbonyl (C=O) groups is 6. The second-order valence-corrected chi connectivity index (χ2v) is 11.6. The highest BCUT2D eigenvalue weighted by molar-refractivity contribution is 5.96. The number of hydrogen-bond donors (Lipinski definition) is 9. The van der Waals surface area contributed by atoms with Crippen LogP contribution in [0, 0.1) is 11.8 Å². The molecule has 0 unspecified atom stereocenters. The number of likely N-dealkylation sites (tertiary alicyclic amines) is 1. The summed E-state index contributed by atoms with van der Waals surface area (Å²) in [4.78, 5) is 77.5. The molecule has 0 aromatic heterocycles. The van der Waals surface area contributed by atoms with Crippen molar-refractivity contribution in [1.82, 2.24) is 20.9 Å². The molecule has 0 bridgehead atoms. The molecule has 17 nitrogen and oxygen atoms in total. The lowest BCUT2D eigenvalue weighted by Crippen LogP contribution is -2.59. The van der Waals surface area contributed by atoms with Crippen LogP contribution in [0.25, 0.3) is 0 Å². The molecule has 1 heterocycles. The number of aliphatic hydroxyl groups excluding tert-OH is 1. The Morgan fingerprint density at radius 1 is 0.957 bits per heavy atom. The molecule has 20 heteroatoms. The fourth-order valence-corrected chi connectivity index (χ4v) is 4.33. The Morgan fingerprint density at radius 3 is 1.98 bits per heavy atom. The zero-order valence-electron chi connectivity index (χ0n) is 26.7. The number of carboxylic acid groups (broad SMARTS) is 2. The van der Waals surface area contributed by atoms with Gasteiger partial charge in [0.05, 0.1) is 12.6 Å². The summed E-state index contributed by atoms with van der Waals surface area (Å²) in [6.07, 6.45) is -3.34. The first-order valence-corrected chi connectivity index (χ1v) is 14.8. The highest BCUT2D eigenvalue weighted by atomic mass is 19.4. The number of guanidine groups is 1. The number of aliphatic carboxylic acids is 2. The summed E-state index contributed by atoms with van der Waals surface area (Å²) < 4.78 is 31.7. The maximum Gasteiger partial charge on any atom is 0.490 e. The van der Waals surface area contributed by atoms with Crippen molar-refractivity contribution in [2.24, 2.45) is 34.0 Å². The van der Waals surface area contributed by atoms with Crippen LogP contribution in [0.15, 0.2) is 4.99 Å². The topological polar surface area (TPSA) is 293 Å². The number of hydrogen-bond acceptors (Lipinski definition) is 9. The van der Waals surface area contributed by atoms with Crippen LogP contribution in [-0.4, -0.2) is 118 Å². The van der Waals surface area contributed by atoms with Gasteiger partial charge in [-0.15, -0.1) is 0 Å². The monoisotopic (exact) mass is 684 g/mol. The van der Waals surface area contributed by atoms with Gasteiger partial charge in [-0.2, -0.15) is 13.2 Å². The molecule has 0 spiro atoms. The molecule has 1 aliphatic heterocycles. The second kappa shape index (κ2) is 20.1. The Hall–Kier alpha value is -4.20. The molecule has 0 aliphatic carbocycles. The van der Waals surface area contributed by atoms with Crippen molar-refractivity contribution in [2.75, 3.05) is 19.7 Å². The van der Waals surface area contributed by atoms with Crippen LogP contribution in [0.2, 0.25) is 0 Å². The van der Waals surface area contributed by atoms with Crippen molar-refractivity contribution in [3.63, 3.8) is 0 Å². The highest BCUT2D eigenvalue weighted by Crippen LogP contribution is 2.21. The summed E-state index contributed by atoms with van der Waals surface area (Å²) in [7, 11) is 0. The summed E-state index contributed by atoms with van der Waals surface area (Å²) in [5.41, 5.74) is 16.5. The zero-order valence-corrected chi connectivity index (χ0v) is 26.7. The van der Waals surface area contributed by atoms with E-state index in [1.54, 1.807) is 27.7 Å². The average Bonchev–Trinajstić information content (AvgIpc) is 3.45. The minimum Gasteiger partial charge on any atom is -0.480 e. The van der Waals surface area contributed by atoms with Crippen molar-refractivity contribution in [3.8, 4) is 0 Å². The van der Waals surface area contributed by atoms with Gasteiger partial charge in [0.25, 0.3) is 0 Å². The molecule has 4 amide bonds. The molecule has 1 rings (SSSR count). The van der Waals surface area contributed by atoms with E-state index in [1.165, 1.54) is 4.90 Å². The third-order valence-corrected chi connectivity index (χ3v) is 6.75. The molecule has 5 atom stereocenters. The number of alkyl halides is 3. The largest absolute Gasteiger partial charge is 0.490 e. The van der Waals surface area contributed by atoms with Gasteiger partial charge in [0, 0.05) is 13.1 Å². The van der Waals surface area contributed by atoms with E-state index in [2.05, 4.69) is 20.9 Å².